The molecule has 43 N–H and O–H groups in total. The molecule has 142 heavy (non-hydrogen) atoms. The van der Waals surface area contributed by atoms with Crippen LogP contribution in [0.5, 0.6) is 0 Å². The molecule has 6 amide bonds. The summed E-state index contributed by atoms with van der Waals surface area (Å²) in [4.78, 5) is 228. The van der Waals surface area contributed by atoms with Crippen molar-refractivity contribution in [3.63, 3.8) is 0 Å². The second kappa shape index (κ2) is 158. The third-order valence-electron chi connectivity index (χ3n) is 13.2. The summed E-state index contributed by atoms with van der Waals surface area (Å²) in [6.07, 6.45) is 10.7. The van der Waals surface area contributed by atoms with E-state index in [2.05, 4.69) is 71.2 Å². The fourth-order valence-corrected chi connectivity index (χ4v) is 7.56. The summed E-state index contributed by atoms with van der Waals surface area (Å²) in [6.45, 7) is 16.7. The smallest absolute Gasteiger partial charge is 0.693 e. The van der Waals surface area contributed by atoms with Gasteiger partial charge in [-0.2, -0.15) is 0 Å². The van der Waals surface area contributed by atoms with Gasteiger partial charge in [-0.3, -0.25) is 81.6 Å². The predicted octanol–water partition coefficient (Wildman–Crippen LogP) is 16.7. The summed E-state index contributed by atoms with van der Waals surface area (Å²) in [5.41, 5.74) is 5.47. The molecule has 0 aliphatic carbocycles. The first kappa shape index (κ1) is 201. The van der Waals surface area contributed by atoms with Gasteiger partial charge in [0.05, 0.1) is 57.8 Å². The second-order valence-electron chi connectivity index (χ2n) is 23.4. The average molecular weight is 3190 g/mol. The molecule has 71 heteroatoms. The number of carboxylic acid groups (broad SMARTS) is 11. The zero-order chi connectivity index (χ0) is 102. The molecular weight excluding hydrogens is 3050 g/mol. The maximum Gasteiger partial charge on any atom is -0.693 e. The van der Waals surface area contributed by atoms with Crippen molar-refractivity contribution < 1.29 is 279 Å². The number of halogens is 10. The summed E-state index contributed by atoms with van der Waals surface area (Å²) < 4.78 is 23.5. The molecule has 56 nitrogen and oxygen atoms in total. The molecule has 4 atom stereocenters. The number of carbonyl (C=O) groups excluding carboxylic acids is 10. The standard InChI is InChI=1S/C21H33N3O7.C20H29N3O13.3C6H12O2.2C4H6O4.C4H4O3.10ClH.10H2N.3H2O.5Pt/c1-4-13-29-18(25)11-10-17(20(27)31-15-6-3)24-21(28)23-16(9-7-8-12-22)19(26)30-14-5-2;24-11-36-13(4-7-16(27)28)22-20(35)21-12(19(33)34)3-1-2-10-23(14(25)5-8-17(29)30)15(26)6-9-18(31)32;3*1-2-3-4-5-6(7)8;2*5-3(6)1-2-4(7)8;5-3-1-2-4(6)7-3;;;;;;;;;;;;;;;;;;;;;;;;;;;;/h4-6,16-17H,1-3,7-15,22H2,(H2,23,24,28);11-13H,1-10H2,(H,27,28)(H,29,30)(H,31,32)(H,33,34)(H2,21,22,35);3*2-5H2,1H3,(H,7,8);2*1-2H2,(H,5,6)(H,7,8);1-2H2;10*1H;13*1H2;;;;;/q;;;;;;;;;;;;;;;;;;10*-1;;;;5*+4/p-10/t16-,17-;12-,13+;;;;;;;;;;;;;;;;;;;;;;;;;;;;;;;;;;/m00................................../s1. The number of hydrogen-bond acceptors (Lipinski definition) is 27. The molecule has 0 aromatic rings. The number of nitrogens with one attached hydrogen (secondary N) is 4. The van der Waals surface area contributed by atoms with E-state index in [1.165, 1.54) is 18.2 Å². The summed E-state index contributed by atoms with van der Waals surface area (Å²) in [5, 5.41) is 101. The first-order chi connectivity index (χ1) is 60.7. The van der Waals surface area contributed by atoms with Crippen molar-refractivity contribution in [2.24, 2.45) is 5.73 Å². The Hall–Kier alpha value is -6.13. The molecule has 1 aliphatic heterocycles. The zero-order valence-corrected chi connectivity index (χ0v) is 96.0. The van der Waals surface area contributed by atoms with Crippen LogP contribution in [0.1, 0.15) is 226 Å². The van der Waals surface area contributed by atoms with Gasteiger partial charge < -0.3 is 185 Å². The average Bonchev–Trinajstić information content (AvgIpc) is 1.56. The van der Waals surface area contributed by atoms with Gasteiger partial charge in [0.15, 0.2) is 6.23 Å². The van der Waals surface area contributed by atoms with Gasteiger partial charge in [0, 0.05) is 51.5 Å². The largest absolute Gasteiger partial charge is 0.693 e. The summed E-state index contributed by atoms with van der Waals surface area (Å²) in [6, 6.07) is -5.33. The van der Waals surface area contributed by atoms with Crippen LogP contribution in [0.4, 0.5) is 9.59 Å². The van der Waals surface area contributed by atoms with Crippen LogP contribution in [0.15, 0.2) is 38.0 Å². The molecule has 1 aliphatic rings. The minimum atomic E-state index is -1.43. The second-order valence-corrected chi connectivity index (χ2v) is 39.9. The molecule has 0 unspecified atom stereocenters. The number of ether oxygens (including phenoxy) is 5. The molecule has 1 heterocycles. The number of urea groups is 2. The van der Waals surface area contributed by atoms with Crippen LogP contribution in [-0.2, 0) is 197 Å². The number of carbonyl (C=O) groups is 21. The summed E-state index contributed by atoms with van der Waals surface area (Å²) >= 11 is -2.36. The van der Waals surface area contributed by atoms with E-state index in [1.807, 2.05) is 0 Å². The maximum absolute atomic E-state index is 12.4. The minimum absolute atomic E-state index is 0. The number of cyclic esters (lactones) is 2. The van der Waals surface area contributed by atoms with Gasteiger partial charge in [0.25, 0.3) is 6.47 Å². The van der Waals surface area contributed by atoms with Crippen molar-refractivity contribution in [2.45, 2.75) is 251 Å². The van der Waals surface area contributed by atoms with Gasteiger partial charge in [-0.15, -0.1) is 0 Å². The van der Waals surface area contributed by atoms with E-state index < -0.39 is 258 Å². The molecule has 1 rings (SSSR count). The van der Waals surface area contributed by atoms with E-state index in [0.717, 1.165) is 62.7 Å². The minimum Gasteiger partial charge on any atom is -0.693 e. The molecule has 0 aromatic heterocycles. The van der Waals surface area contributed by atoms with E-state index in [-0.39, 0.29) is 188 Å². The molecule has 0 bridgehead atoms. The van der Waals surface area contributed by atoms with E-state index in [9.17, 15) is 106 Å². The van der Waals surface area contributed by atoms with Crippen molar-refractivity contribution in [1.82, 2.24) is 26.2 Å². The number of nitrogens with two attached hydrogens (primary N) is 11. The summed E-state index contributed by atoms with van der Waals surface area (Å²) in [7, 11) is 48.8. The Morgan fingerprint density at radius 3 is 0.880 bits per heavy atom. The van der Waals surface area contributed by atoms with Crippen LogP contribution < -0.4 is 27.0 Å². The van der Waals surface area contributed by atoms with Gasteiger partial charge >= 0.3 is 284 Å². The SMILES string of the molecule is C=CCOC(=O)CC[C@H](NC(=O)N[C@@H](CCCCN)C(=O)OCC=C)C(=O)OCC=C.CCCCCC(=O)O.CCCCCC(=O)O.CCCCCC(=O)O.O.O.O.O=C(O)CCC(=O)O.O=C(O)CCC(=O)O.O=C1CCC(=O)O1.O=CO[C@H](CCC(=O)O)NC(=O)N[C@@H](CCCCN(C(=O)CCC(=O)O)C(=O)CCC(=O)O)C(=O)O.[Cl][Pt+2][Cl].[Cl][Pt+2][Cl].[Cl][Pt+2][Cl].[Cl][Pt+2][Cl].[Cl][Pt+2][Cl].[NH2-].[NH2-].[NH2-].[NH2-].[NH2-].[NH2-].[NH2-].[NH2-].[NH2-].[NH2-]. The molecule has 0 saturated carbocycles. The van der Waals surface area contributed by atoms with Crippen molar-refractivity contribution >= 4 is 220 Å². The fourth-order valence-electron chi connectivity index (χ4n) is 7.56. The molecule has 1 fully saturated rings. The fraction of sp³-hybridized carbons (Fsp3) is 0.620. The van der Waals surface area contributed by atoms with Crippen molar-refractivity contribution in [2.75, 3.05) is 32.9 Å². The number of unbranched alkanes of at least 4 members (excludes halogenated alkanes) is 8. The third kappa shape index (κ3) is 192. The third-order valence-corrected chi connectivity index (χ3v) is 13.2. The Balaban J connectivity index is -0.0000000501. The zero-order valence-electron chi connectivity index (χ0n) is 77.1. The Kier molecular flexibility index (Phi) is 223. The number of imide groups is 1. The quantitative estimate of drug-likeness (QED) is 0.00511. The van der Waals surface area contributed by atoms with E-state index in [4.69, 9.17) is 165 Å². The van der Waals surface area contributed by atoms with E-state index in [1.54, 1.807) is 0 Å². The number of amides is 6. The molecular formula is C71H140Cl10N16O40Pt5. The Bertz CT molecular complexity index is 3030. The van der Waals surface area contributed by atoms with Crippen LogP contribution in [-0.4, -0.2) is 261 Å². The maximum atomic E-state index is 12.4. The van der Waals surface area contributed by atoms with Crippen molar-refractivity contribution in [1.29, 1.82) is 0 Å². The first-order valence-electron chi connectivity index (χ1n) is 37.0. The number of esters is 5. The molecule has 0 radical (unpaired) electrons. The van der Waals surface area contributed by atoms with Gasteiger partial charge in [0.2, 0.25) is 11.8 Å². The van der Waals surface area contributed by atoms with Gasteiger partial charge in [-0.05, 0) is 70.8 Å². The van der Waals surface area contributed by atoms with Crippen LogP contribution in [0, 0.1) is 0 Å². The topological polar surface area (TPSA) is 1130 Å². The van der Waals surface area contributed by atoms with Crippen LogP contribution in [0.2, 0.25) is 0 Å². The Labute approximate surface area is 906 Å². The van der Waals surface area contributed by atoms with Crippen LogP contribution in [0.3, 0.4) is 0 Å². The van der Waals surface area contributed by atoms with Gasteiger partial charge in [-0.1, -0.05) is 97.3 Å². The molecule has 1 saturated heterocycles. The number of nitrogens with zero attached hydrogens (tertiary/aromatic N) is 1. The Morgan fingerprint density at radius 1 is 0.366 bits per heavy atom. The Morgan fingerprint density at radius 2 is 0.627 bits per heavy atom. The van der Waals surface area contributed by atoms with Crippen molar-refractivity contribution in [3.8, 4) is 0 Å². The monoisotopic (exact) mass is 3180 g/mol. The number of rotatable bonds is 54. The number of hydrogen-bond donors (Lipinski definition) is 16. The molecule has 864 valence electrons. The predicted molar refractivity (Wildman–Crippen MR) is 517 cm³/mol. The van der Waals surface area contributed by atoms with Crippen LogP contribution >= 0.6 is 94.2 Å². The normalized spacial score (nSPS) is 9.87. The number of carboxylic acids is 11. The van der Waals surface area contributed by atoms with Gasteiger partial charge in [-0.25, -0.2) is 24.0 Å². The summed E-state index contributed by atoms with van der Waals surface area (Å²) in [5.74, 6) is -15.9. The molecule has 0 spiro atoms. The number of aliphatic carboxylic acids is 11. The van der Waals surface area contributed by atoms with Crippen molar-refractivity contribution in [3.05, 3.63) is 99.5 Å². The van der Waals surface area contributed by atoms with Gasteiger partial charge in [0.1, 0.15) is 37.9 Å². The van der Waals surface area contributed by atoms with E-state index in [0.29, 0.717) is 45.1 Å². The first-order valence-corrected chi connectivity index (χ1v) is 65.2. The van der Waals surface area contributed by atoms with E-state index >= 15 is 0 Å². The molecule has 0 aromatic carbocycles. The van der Waals surface area contributed by atoms with Crippen LogP contribution in [0.25, 0.3) is 61.5 Å².